The van der Waals surface area contributed by atoms with Gasteiger partial charge in [-0.25, -0.2) is 0 Å². The van der Waals surface area contributed by atoms with Crippen LogP contribution in [-0.2, 0) is 0 Å². The Hall–Kier alpha value is -2.15. The second-order valence-corrected chi connectivity index (χ2v) is 4.33. The molecular weight excluding hydrogens is 220 g/mol. The molecule has 0 aliphatic carbocycles. The second-order valence-electron chi connectivity index (χ2n) is 4.33. The Balaban J connectivity index is 2.35. The molecule has 0 saturated heterocycles. The molecular formula is C17H16O. The lowest BCUT2D eigenvalue weighted by Crippen LogP contribution is -1.94. The molecule has 2 rings (SSSR count). The summed E-state index contributed by atoms with van der Waals surface area (Å²) in [5, 5.41) is 0. The van der Waals surface area contributed by atoms with Crippen LogP contribution in [0.1, 0.15) is 34.0 Å². The largest absolute Gasteiger partial charge is 0.294 e. The summed E-state index contributed by atoms with van der Waals surface area (Å²) in [6.45, 7) is 3.68. The SMILES string of the molecule is CC(=O)c1ccccc1/C=C/c1ccccc1C. The van der Waals surface area contributed by atoms with Crippen molar-refractivity contribution in [1.82, 2.24) is 0 Å². The number of Topliss-reactive ketones (excluding diaryl/α,β-unsaturated/α-hetero) is 1. The lowest BCUT2D eigenvalue weighted by Gasteiger charge is -2.02. The van der Waals surface area contributed by atoms with Crippen LogP contribution in [0.5, 0.6) is 0 Å². The Kier molecular flexibility index (Phi) is 3.73. The number of hydrogen-bond donors (Lipinski definition) is 0. The molecule has 0 bridgehead atoms. The van der Waals surface area contributed by atoms with E-state index in [1.54, 1.807) is 6.92 Å². The Morgan fingerprint density at radius 3 is 2.11 bits per heavy atom. The topological polar surface area (TPSA) is 17.1 Å². The summed E-state index contributed by atoms with van der Waals surface area (Å²) in [5.41, 5.74) is 4.14. The highest BCUT2D eigenvalue weighted by Crippen LogP contribution is 2.15. The van der Waals surface area contributed by atoms with E-state index in [1.807, 2.05) is 42.5 Å². The first-order valence-corrected chi connectivity index (χ1v) is 6.02. The van der Waals surface area contributed by atoms with E-state index in [0.29, 0.717) is 0 Å². The Bertz CT molecular complexity index is 594. The van der Waals surface area contributed by atoms with E-state index in [0.717, 1.165) is 11.1 Å². The van der Waals surface area contributed by atoms with Gasteiger partial charge in [0.2, 0.25) is 0 Å². The summed E-state index contributed by atoms with van der Waals surface area (Å²) >= 11 is 0. The maximum atomic E-state index is 11.5. The molecule has 0 fully saturated rings. The average molecular weight is 236 g/mol. The van der Waals surface area contributed by atoms with E-state index >= 15 is 0 Å². The van der Waals surface area contributed by atoms with Crippen LogP contribution in [0.3, 0.4) is 0 Å². The minimum atomic E-state index is 0.0973. The highest BCUT2D eigenvalue weighted by atomic mass is 16.1. The number of rotatable bonds is 3. The van der Waals surface area contributed by atoms with Gasteiger partial charge in [0, 0.05) is 5.56 Å². The monoisotopic (exact) mass is 236 g/mol. The van der Waals surface area contributed by atoms with Crippen molar-refractivity contribution in [3.63, 3.8) is 0 Å². The molecule has 2 aromatic carbocycles. The summed E-state index contributed by atoms with van der Waals surface area (Å²) in [6, 6.07) is 15.9. The molecule has 2 aromatic rings. The maximum Gasteiger partial charge on any atom is 0.160 e. The Morgan fingerprint density at radius 1 is 0.889 bits per heavy atom. The van der Waals surface area contributed by atoms with Crippen molar-refractivity contribution >= 4 is 17.9 Å². The number of hydrogen-bond acceptors (Lipinski definition) is 1. The van der Waals surface area contributed by atoms with E-state index in [1.165, 1.54) is 11.1 Å². The van der Waals surface area contributed by atoms with Crippen molar-refractivity contribution in [1.29, 1.82) is 0 Å². The van der Waals surface area contributed by atoms with Crippen molar-refractivity contribution in [2.45, 2.75) is 13.8 Å². The molecule has 0 saturated carbocycles. The summed E-state index contributed by atoms with van der Waals surface area (Å²) in [6.07, 6.45) is 4.05. The van der Waals surface area contributed by atoms with Gasteiger partial charge in [0.15, 0.2) is 5.78 Å². The van der Waals surface area contributed by atoms with Crippen LogP contribution >= 0.6 is 0 Å². The highest BCUT2D eigenvalue weighted by Gasteiger charge is 2.02. The smallest absolute Gasteiger partial charge is 0.160 e. The molecule has 0 aromatic heterocycles. The number of carbonyl (C=O) groups excluding carboxylic acids is 1. The second kappa shape index (κ2) is 5.46. The molecule has 0 aliphatic rings. The average Bonchev–Trinajstić information content (AvgIpc) is 2.38. The molecule has 0 spiro atoms. The third kappa shape index (κ3) is 2.75. The van der Waals surface area contributed by atoms with E-state index in [9.17, 15) is 4.79 Å². The van der Waals surface area contributed by atoms with Gasteiger partial charge in [0.1, 0.15) is 0 Å². The van der Waals surface area contributed by atoms with Crippen LogP contribution in [-0.4, -0.2) is 5.78 Å². The Labute approximate surface area is 108 Å². The van der Waals surface area contributed by atoms with Gasteiger partial charge in [-0.2, -0.15) is 0 Å². The maximum absolute atomic E-state index is 11.5. The molecule has 0 unspecified atom stereocenters. The van der Waals surface area contributed by atoms with E-state index < -0.39 is 0 Å². The molecule has 0 amide bonds. The normalized spacial score (nSPS) is 10.8. The van der Waals surface area contributed by atoms with Crippen LogP contribution in [0.4, 0.5) is 0 Å². The molecule has 18 heavy (non-hydrogen) atoms. The fraction of sp³-hybridized carbons (Fsp3) is 0.118. The first-order chi connectivity index (χ1) is 8.68. The van der Waals surface area contributed by atoms with Crippen molar-refractivity contribution in [2.75, 3.05) is 0 Å². The standard InChI is InChI=1S/C17H16O/c1-13-7-3-4-8-15(13)11-12-16-9-5-6-10-17(16)14(2)18/h3-12H,1-2H3/b12-11+. The summed E-state index contributed by atoms with van der Waals surface area (Å²) < 4.78 is 0. The van der Waals surface area contributed by atoms with Crippen LogP contribution in [0.15, 0.2) is 48.5 Å². The van der Waals surface area contributed by atoms with Gasteiger partial charge in [-0.1, -0.05) is 60.7 Å². The number of aryl methyl sites for hydroxylation is 1. The minimum absolute atomic E-state index is 0.0973. The van der Waals surface area contributed by atoms with Crippen molar-refractivity contribution < 1.29 is 4.79 Å². The van der Waals surface area contributed by atoms with Crippen molar-refractivity contribution in [3.8, 4) is 0 Å². The zero-order valence-corrected chi connectivity index (χ0v) is 10.7. The Morgan fingerprint density at radius 2 is 1.44 bits per heavy atom. The predicted molar refractivity (Wildman–Crippen MR) is 76.6 cm³/mol. The van der Waals surface area contributed by atoms with Crippen LogP contribution in [0, 0.1) is 6.92 Å². The van der Waals surface area contributed by atoms with Crippen LogP contribution in [0.2, 0.25) is 0 Å². The molecule has 90 valence electrons. The zero-order valence-electron chi connectivity index (χ0n) is 10.7. The van der Waals surface area contributed by atoms with Gasteiger partial charge >= 0.3 is 0 Å². The summed E-state index contributed by atoms with van der Waals surface area (Å²) in [4.78, 5) is 11.5. The lowest BCUT2D eigenvalue weighted by atomic mass is 10.0. The van der Waals surface area contributed by atoms with E-state index in [4.69, 9.17) is 0 Å². The predicted octanol–water partition coefficient (Wildman–Crippen LogP) is 4.37. The lowest BCUT2D eigenvalue weighted by molar-refractivity contribution is 0.101. The third-order valence-electron chi connectivity index (χ3n) is 2.97. The molecule has 0 atom stereocenters. The van der Waals surface area contributed by atoms with Gasteiger partial charge < -0.3 is 0 Å². The molecule has 0 aliphatic heterocycles. The number of carbonyl (C=O) groups is 1. The van der Waals surface area contributed by atoms with Crippen molar-refractivity contribution in [3.05, 3.63) is 70.8 Å². The molecule has 0 heterocycles. The van der Waals surface area contributed by atoms with Gasteiger partial charge in [-0.15, -0.1) is 0 Å². The van der Waals surface area contributed by atoms with Crippen molar-refractivity contribution in [2.24, 2.45) is 0 Å². The van der Waals surface area contributed by atoms with Crippen LogP contribution < -0.4 is 0 Å². The highest BCUT2D eigenvalue weighted by molar-refractivity contribution is 5.98. The van der Waals surface area contributed by atoms with E-state index in [-0.39, 0.29) is 5.78 Å². The molecule has 1 heteroatoms. The van der Waals surface area contributed by atoms with Gasteiger partial charge in [-0.3, -0.25) is 4.79 Å². The molecule has 1 nitrogen and oxygen atoms in total. The minimum Gasteiger partial charge on any atom is -0.294 e. The number of ketones is 1. The number of benzene rings is 2. The van der Waals surface area contributed by atoms with Gasteiger partial charge in [-0.05, 0) is 30.5 Å². The zero-order chi connectivity index (χ0) is 13.0. The molecule has 0 radical (unpaired) electrons. The molecule has 0 N–H and O–H groups in total. The van der Waals surface area contributed by atoms with Crippen LogP contribution in [0.25, 0.3) is 12.2 Å². The fourth-order valence-electron chi connectivity index (χ4n) is 1.92. The third-order valence-corrected chi connectivity index (χ3v) is 2.97. The summed E-state index contributed by atoms with van der Waals surface area (Å²) in [7, 11) is 0. The van der Waals surface area contributed by atoms with Gasteiger partial charge in [0.05, 0.1) is 0 Å². The first-order valence-electron chi connectivity index (χ1n) is 6.02. The van der Waals surface area contributed by atoms with Gasteiger partial charge in [0.25, 0.3) is 0 Å². The quantitative estimate of drug-likeness (QED) is 0.571. The fourth-order valence-corrected chi connectivity index (χ4v) is 1.92. The van der Waals surface area contributed by atoms with E-state index in [2.05, 4.69) is 25.1 Å². The summed E-state index contributed by atoms with van der Waals surface area (Å²) in [5.74, 6) is 0.0973. The first kappa shape index (κ1) is 12.3.